The molecule has 0 radical (unpaired) electrons. The fourth-order valence-electron chi connectivity index (χ4n) is 3.53. The second-order valence-electron chi connectivity index (χ2n) is 6.39. The number of imidazole rings is 1. The molecule has 1 atom stereocenters. The molecule has 0 N–H and O–H groups in total. The van der Waals surface area contributed by atoms with Crippen LogP contribution in [0.1, 0.15) is 18.2 Å². The zero-order chi connectivity index (χ0) is 16.8. The molecule has 2 heterocycles. The van der Waals surface area contributed by atoms with Crippen LogP contribution in [-0.4, -0.2) is 22.9 Å². The van der Waals surface area contributed by atoms with Crippen LogP contribution in [-0.2, 0) is 0 Å². The van der Waals surface area contributed by atoms with Crippen molar-refractivity contribution in [3.05, 3.63) is 65.9 Å². The van der Waals surface area contributed by atoms with Crippen LogP contribution >= 0.6 is 0 Å². The van der Waals surface area contributed by atoms with Gasteiger partial charge in [-0.15, -0.1) is 0 Å². The normalized spacial score (nSPS) is 16.6. The Labute approximate surface area is 142 Å². The van der Waals surface area contributed by atoms with Crippen LogP contribution in [0, 0.1) is 13.8 Å². The molecule has 4 nitrogen and oxygen atoms in total. The van der Waals surface area contributed by atoms with Crippen molar-refractivity contribution in [2.45, 2.75) is 26.9 Å². The molecule has 1 aliphatic heterocycles. The standard InChI is InChI=1S/C20H22N4/c1-14-10-8-9-13-18(14)23-16(3)22(4)24-19(15(2)21-20(23)24)17-11-6-5-7-12-17/h5-13,16H,1-4H3. The van der Waals surface area contributed by atoms with Gasteiger partial charge in [0.05, 0.1) is 11.4 Å². The summed E-state index contributed by atoms with van der Waals surface area (Å²) < 4.78 is 2.24. The van der Waals surface area contributed by atoms with E-state index >= 15 is 0 Å². The van der Waals surface area contributed by atoms with Crippen molar-refractivity contribution in [1.29, 1.82) is 0 Å². The summed E-state index contributed by atoms with van der Waals surface area (Å²) in [6.45, 7) is 6.45. The Balaban J connectivity index is 1.92. The molecule has 0 fully saturated rings. The summed E-state index contributed by atoms with van der Waals surface area (Å²) in [5.41, 5.74) is 5.87. The van der Waals surface area contributed by atoms with E-state index < -0.39 is 0 Å². The van der Waals surface area contributed by atoms with Crippen molar-refractivity contribution >= 4 is 11.6 Å². The molecule has 122 valence electrons. The SMILES string of the molecule is Cc1ccccc1N1c2nc(C)c(-c3ccccc3)n2N(C)C1C. The molecule has 2 aromatic carbocycles. The van der Waals surface area contributed by atoms with Crippen LogP contribution in [0.3, 0.4) is 0 Å². The number of nitrogens with zero attached hydrogens (tertiary/aromatic N) is 4. The second kappa shape index (κ2) is 5.41. The number of hydrogen-bond donors (Lipinski definition) is 0. The van der Waals surface area contributed by atoms with Crippen molar-refractivity contribution in [1.82, 2.24) is 9.66 Å². The third-order valence-electron chi connectivity index (χ3n) is 4.88. The van der Waals surface area contributed by atoms with E-state index in [-0.39, 0.29) is 6.17 Å². The van der Waals surface area contributed by atoms with E-state index in [1.54, 1.807) is 0 Å². The Morgan fingerprint density at radius 1 is 0.917 bits per heavy atom. The maximum absolute atomic E-state index is 4.91. The van der Waals surface area contributed by atoms with E-state index in [4.69, 9.17) is 4.98 Å². The fourth-order valence-corrected chi connectivity index (χ4v) is 3.53. The molecule has 1 unspecified atom stereocenters. The van der Waals surface area contributed by atoms with Crippen LogP contribution in [0.2, 0.25) is 0 Å². The van der Waals surface area contributed by atoms with Gasteiger partial charge in [0.15, 0.2) is 0 Å². The van der Waals surface area contributed by atoms with Crippen LogP contribution < -0.4 is 9.91 Å². The van der Waals surface area contributed by atoms with E-state index in [9.17, 15) is 0 Å². The molecule has 0 aliphatic carbocycles. The van der Waals surface area contributed by atoms with Gasteiger partial charge in [-0.25, -0.2) is 9.66 Å². The summed E-state index contributed by atoms with van der Waals surface area (Å²) in [4.78, 5) is 7.23. The Bertz CT molecular complexity index is 882. The molecule has 4 heteroatoms. The van der Waals surface area contributed by atoms with Gasteiger partial charge in [0, 0.05) is 18.3 Å². The fraction of sp³-hybridized carbons (Fsp3) is 0.250. The number of anilines is 2. The van der Waals surface area contributed by atoms with Crippen molar-refractivity contribution in [3.8, 4) is 11.3 Å². The average Bonchev–Trinajstić information content (AvgIpc) is 3.04. The third-order valence-corrected chi connectivity index (χ3v) is 4.88. The van der Waals surface area contributed by atoms with Gasteiger partial charge in [0.25, 0.3) is 0 Å². The third kappa shape index (κ3) is 2.03. The summed E-state index contributed by atoms with van der Waals surface area (Å²) in [6.07, 6.45) is 0.205. The highest BCUT2D eigenvalue weighted by Crippen LogP contribution is 2.39. The van der Waals surface area contributed by atoms with Gasteiger partial charge >= 0.3 is 0 Å². The van der Waals surface area contributed by atoms with Crippen LogP contribution in [0.5, 0.6) is 0 Å². The zero-order valence-corrected chi connectivity index (χ0v) is 14.6. The number of rotatable bonds is 2. The Hall–Kier alpha value is -2.75. The maximum atomic E-state index is 4.91. The summed E-state index contributed by atoms with van der Waals surface area (Å²) in [5.74, 6) is 0.982. The molecular weight excluding hydrogens is 296 g/mol. The largest absolute Gasteiger partial charge is 0.290 e. The Morgan fingerprint density at radius 3 is 2.29 bits per heavy atom. The Kier molecular flexibility index (Phi) is 3.34. The number of hydrogen-bond acceptors (Lipinski definition) is 3. The summed E-state index contributed by atoms with van der Waals surface area (Å²) >= 11 is 0. The first kappa shape index (κ1) is 14.8. The number of para-hydroxylation sites is 1. The Morgan fingerprint density at radius 2 is 1.58 bits per heavy atom. The average molecular weight is 318 g/mol. The smallest absolute Gasteiger partial charge is 0.231 e. The lowest BCUT2D eigenvalue weighted by molar-refractivity contribution is 0.624. The van der Waals surface area contributed by atoms with Gasteiger partial charge in [-0.2, -0.15) is 0 Å². The van der Waals surface area contributed by atoms with Gasteiger partial charge in [-0.1, -0.05) is 48.5 Å². The quantitative estimate of drug-likeness (QED) is 0.706. The number of benzene rings is 2. The lowest BCUT2D eigenvalue weighted by Gasteiger charge is -2.27. The minimum Gasteiger partial charge on any atom is -0.290 e. The molecule has 0 bridgehead atoms. The molecule has 0 saturated heterocycles. The molecule has 0 amide bonds. The topological polar surface area (TPSA) is 24.3 Å². The highest BCUT2D eigenvalue weighted by molar-refractivity contribution is 5.73. The number of fused-ring (bicyclic) bond motifs is 1. The van der Waals surface area contributed by atoms with Crippen molar-refractivity contribution in [3.63, 3.8) is 0 Å². The molecule has 0 spiro atoms. The number of aryl methyl sites for hydroxylation is 2. The summed E-state index contributed by atoms with van der Waals surface area (Å²) in [7, 11) is 2.12. The predicted molar refractivity (Wildman–Crippen MR) is 99.3 cm³/mol. The molecule has 24 heavy (non-hydrogen) atoms. The molecule has 1 aromatic heterocycles. The summed E-state index contributed by atoms with van der Waals surface area (Å²) in [6, 6.07) is 19.0. The molecule has 4 rings (SSSR count). The molecule has 0 saturated carbocycles. The van der Waals surface area contributed by atoms with Gasteiger partial charge < -0.3 is 0 Å². The highest BCUT2D eigenvalue weighted by atomic mass is 15.7. The van der Waals surface area contributed by atoms with E-state index in [0.29, 0.717) is 0 Å². The van der Waals surface area contributed by atoms with Crippen molar-refractivity contribution < 1.29 is 0 Å². The van der Waals surface area contributed by atoms with Gasteiger partial charge in [0.1, 0.15) is 6.17 Å². The maximum Gasteiger partial charge on any atom is 0.231 e. The van der Waals surface area contributed by atoms with E-state index in [1.165, 1.54) is 16.8 Å². The van der Waals surface area contributed by atoms with E-state index in [1.807, 2.05) is 6.07 Å². The summed E-state index contributed by atoms with van der Waals surface area (Å²) in [5, 5.41) is 2.25. The minimum absolute atomic E-state index is 0.205. The molecule has 3 aromatic rings. The zero-order valence-electron chi connectivity index (χ0n) is 14.6. The van der Waals surface area contributed by atoms with Crippen LogP contribution in [0.15, 0.2) is 54.6 Å². The van der Waals surface area contributed by atoms with E-state index in [2.05, 4.69) is 90.9 Å². The lowest BCUT2D eigenvalue weighted by Crippen LogP contribution is -2.40. The minimum atomic E-state index is 0.205. The monoisotopic (exact) mass is 318 g/mol. The van der Waals surface area contributed by atoms with Crippen LogP contribution in [0.4, 0.5) is 11.6 Å². The molecular formula is C20H22N4. The first-order valence-corrected chi connectivity index (χ1v) is 8.32. The van der Waals surface area contributed by atoms with Gasteiger partial charge in [0.2, 0.25) is 5.95 Å². The second-order valence-corrected chi connectivity index (χ2v) is 6.39. The lowest BCUT2D eigenvalue weighted by atomic mass is 10.1. The molecule has 1 aliphatic rings. The first-order chi connectivity index (χ1) is 11.6. The predicted octanol–water partition coefficient (Wildman–Crippen LogP) is 4.23. The van der Waals surface area contributed by atoms with Gasteiger partial charge in [-0.05, 0) is 32.4 Å². The number of aromatic nitrogens is 2. The highest BCUT2D eigenvalue weighted by Gasteiger charge is 2.36. The van der Waals surface area contributed by atoms with Crippen molar-refractivity contribution in [2.75, 3.05) is 17.0 Å². The van der Waals surface area contributed by atoms with E-state index in [0.717, 1.165) is 17.3 Å². The van der Waals surface area contributed by atoms with Gasteiger partial charge in [-0.3, -0.25) is 9.91 Å². The van der Waals surface area contributed by atoms with Crippen molar-refractivity contribution in [2.24, 2.45) is 0 Å². The van der Waals surface area contributed by atoms with Crippen LogP contribution in [0.25, 0.3) is 11.3 Å². The first-order valence-electron chi connectivity index (χ1n) is 8.32.